The molecule has 1 amide bonds. The van der Waals surface area contributed by atoms with Gasteiger partial charge in [-0.25, -0.2) is 4.98 Å². The monoisotopic (exact) mass is 391 g/mol. The number of nitrogens with zero attached hydrogens (tertiary/aromatic N) is 2. The maximum absolute atomic E-state index is 12.3. The zero-order valence-electron chi connectivity index (χ0n) is 16.1. The molecule has 3 rings (SSSR count). The van der Waals surface area contributed by atoms with E-state index in [4.69, 9.17) is 4.74 Å². The Morgan fingerprint density at radius 1 is 1.21 bits per heavy atom. The Morgan fingerprint density at radius 2 is 1.96 bits per heavy atom. The van der Waals surface area contributed by atoms with Gasteiger partial charge < -0.3 is 10.1 Å². The van der Waals surface area contributed by atoms with Crippen molar-refractivity contribution in [1.82, 2.24) is 4.98 Å². The molecule has 0 radical (unpaired) electrons. The summed E-state index contributed by atoms with van der Waals surface area (Å²) in [5.74, 6) is 0.783. The van der Waals surface area contributed by atoms with E-state index in [0.717, 1.165) is 27.8 Å². The van der Waals surface area contributed by atoms with E-state index in [2.05, 4.69) is 22.4 Å². The summed E-state index contributed by atoms with van der Waals surface area (Å²) in [5.41, 5.74) is 4.23. The van der Waals surface area contributed by atoms with Crippen LogP contribution in [0.3, 0.4) is 0 Å². The third-order valence-corrected chi connectivity index (χ3v) is 5.15. The molecule has 0 unspecified atom stereocenters. The summed E-state index contributed by atoms with van der Waals surface area (Å²) in [6, 6.07) is 15.3. The molecule has 0 fully saturated rings. The molecule has 0 saturated heterocycles. The highest BCUT2D eigenvalue weighted by atomic mass is 32.2. The molecule has 5 nitrogen and oxygen atoms in total. The number of nitrogens with one attached hydrogen (secondary N) is 1. The molecule has 3 aromatic rings. The number of ether oxygens (including phenoxy) is 1. The Balaban J connectivity index is 1.72. The first-order chi connectivity index (χ1) is 13.5. The van der Waals surface area contributed by atoms with Gasteiger partial charge in [-0.2, -0.15) is 5.26 Å². The van der Waals surface area contributed by atoms with Crippen molar-refractivity contribution in [2.75, 3.05) is 17.7 Å². The Labute approximate surface area is 168 Å². The number of amides is 1. The number of carbonyl (C=O) groups excluding carboxylic acids is 1. The number of hydrogen-bond acceptors (Lipinski definition) is 5. The van der Waals surface area contributed by atoms with Crippen molar-refractivity contribution < 1.29 is 9.53 Å². The molecule has 28 heavy (non-hydrogen) atoms. The van der Waals surface area contributed by atoms with E-state index >= 15 is 0 Å². The molecule has 0 atom stereocenters. The standard InChI is InChI=1S/C22H21N3O2S/c1-4-27-18-7-5-17(6-8-18)24-21(26)13-28-22-16(12-23)11-19-15(3)9-14(2)10-20(19)25-22/h5-11H,4,13H2,1-3H3,(H,24,26). The van der Waals surface area contributed by atoms with Crippen LogP contribution in [0.2, 0.25) is 0 Å². The maximum atomic E-state index is 12.3. The van der Waals surface area contributed by atoms with Crippen LogP contribution in [0.5, 0.6) is 5.75 Å². The van der Waals surface area contributed by atoms with Crippen molar-refractivity contribution in [3.05, 3.63) is 59.2 Å². The Kier molecular flexibility index (Phi) is 6.17. The van der Waals surface area contributed by atoms with Crippen LogP contribution in [0.25, 0.3) is 10.9 Å². The molecule has 0 spiro atoms. The van der Waals surface area contributed by atoms with Crippen LogP contribution in [0.15, 0.2) is 47.5 Å². The minimum absolute atomic E-state index is 0.152. The number of benzene rings is 2. The Hall–Kier alpha value is -3.04. The minimum atomic E-state index is -0.152. The molecule has 0 saturated carbocycles. The lowest BCUT2D eigenvalue weighted by molar-refractivity contribution is -0.113. The second kappa shape index (κ2) is 8.77. The number of anilines is 1. The van der Waals surface area contributed by atoms with Gasteiger partial charge in [0.15, 0.2) is 0 Å². The third kappa shape index (κ3) is 4.62. The van der Waals surface area contributed by atoms with Crippen LogP contribution >= 0.6 is 11.8 Å². The van der Waals surface area contributed by atoms with Gasteiger partial charge in [0, 0.05) is 11.1 Å². The molecule has 0 aliphatic rings. The maximum Gasteiger partial charge on any atom is 0.234 e. The fourth-order valence-corrected chi connectivity index (χ4v) is 3.70. The van der Waals surface area contributed by atoms with E-state index in [0.29, 0.717) is 22.9 Å². The quantitative estimate of drug-likeness (QED) is 0.608. The molecule has 0 aliphatic carbocycles. The summed E-state index contributed by atoms with van der Waals surface area (Å²) in [5, 5.41) is 13.9. The normalized spacial score (nSPS) is 10.5. The highest BCUT2D eigenvalue weighted by molar-refractivity contribution is 8.00. The first-order valence-electron chi connectivity index (χ1n) is 8.97. The second-order valence-electron chi connectivity index (χ2n) is 6.40. The summed E-state index contributed by atoms with van der Waals surface area (Å²) >= 11 is 1.27. The van der Waals surface area contributed by atoms with Gasteiger partial charge in [-0.3, -0.25) is 4.79 Å². The van der Waals surface area contributed by atoms with Gasteiger partial charge in [-0.15, -0.1) is 0 Å². The van der Waals surface area contributed by atoms with Gasteiger partial charge in [0.2, 0.25) is 5.91 Å². The molecular formula is C22H21N3O2S. The lowest BCUT2D eigenvalue weighted by Gasteiger charge is -2.09. The van der Waals surface area contributed by atoms with Gasteiger partial charge in [0.1, 0.15) is 16.8 Å². The Morgan fingerprint density at radius 3 is 2.64 bits per heavy atom. The van der Waals surface area contributed by atoms with Crippen molar-refractivity contribution >= 4 is 34.3 Å². The highest BCUT2D eigenvalue weighted by Gasteiger charge is 2.12. The zero-order chi connectivity index (χ0) is 20.1. The number of aromatic nitrogens is 1. The fourth-order valence-electron chi connectivity index (χ4n) is 2.93. The summed E-state index contributed by atoms with van der Waals surface area (Å²) in [7, 11) is 0. The summed E-state index contributed by atoms with van der Waals surface area (Å²) < 4.78 is 5.39. The average Bonchev–Trinajstić information content (AvgIpc) is 2.67. The summed E-state index contributed by atoms with van der Waals surface area (Å²) in [6.07, 6.45) is 0. The minimum Gasteiger partial charge on any atom is -0.494 e. The molecule has 0 bridgehead atoms. The number of rotatable bonds is 6. The molecule has 1 aromatic heterocycles. The number of thioether (sulfide) groups is 1. The van der Waals surface area contributed by atoms with Crippen molar-refractivity contribution in [1.29, 1.82) is 5.26 Å². The van der Waals surface area contributed by atoms with Gasteiger partial charge >= 0.3 is 0 Å². The molecule has 1 N–H and O–H groups in total. The first-order valence-corrected chi connectivity index (χ1v) is 9.96. The fraction of sp³-hybridized carbons (Fsp3) is 0.227. The summed E-state index contributed by atoms with van der Waals surface area (Å²) in [4.78, 5) is 16.9. The van der Waals surface area contributed by atoms with E-state index in [1.807, 2.05) is 45.0 Å². The first kappa shape index (κ1) is 19.7. The number of nitriles is 1. The largest absolute Gasteiger partial charge is 0.494 e. The van der Waals surface area contributed by atoms with Crippen LogP contribution in [0, 0.1) is 25.2 Å². The zero-order valence-corrected chi connectivity index (χ0v) is 16.9. The van der Waals surface area contributed by atoms with E-state index in [9.17, 15) is 10.1 Å². The molecule has 0 aliphatic heterocycles. The van der Waals surface area contributed by atoms with Crippen LogP contribution in [-0.4, -0.2) is 23.3 Å². The molecule has 2 aromatic carbocycles. The lowest BCUT2D eigenvalue weighted by atomic mass is 10.1. The molecule has 1 heterocycles. The average molecular weight is 391 g/mol. The van der Waals surface area contributed by atoms with Crippen LogP contribution in [-0.2, 0) is 4.79 Å². The van der Waals surface area contributed by atoms with E-state index in [1.54, 1.807) is 12.1 Å². The van der Waals surface area contributed by atoms with E-state index in [-0.39, 0.29) is 11.7 Å². The summed E-state index contributed by atoms with van der Waals surface area (Å²) in [6.45, 7) is 6.55. The van der Waals surface area contributed by atoms with Crippen LogP contribution < -0.4 is 10.1 Å². The molecule has 142 valence electrons. The highest BCUT2D eigenvalue weighted by Crippen LogP contribution is 2.27. The smallest absolute Gasteiger partial charge is 0.234 e. The number of fused-ring (bicyclic) bond motifs is 1. The van der Waals surface area contributed by atoms with Crippen molar-refractivity contribution in [2.24, 2.45) is 0 Å². The van der Waals surface area contributed by atoms with E-state index < -0.39 is 0 Å². The van der Waals surface area contributed by atoms with Crippen molar-refractivity contribution in [2.45, 2.75) is 25.8 Å². The number of hydrogen-bond donors (Lipinski definition) is 1. The predicted octanol–water partition coefficient (Wildman–Crippen LogP) is 4.85. The Bertz CT molecular complexity index is 1060. The molecule has 6 heteroatoms. The van der Waals surface area contributed by atoms with Crippen molar-refractivity contribution in [3.63, 3.8) is 0 Å². The van der Waals surface area contributed by atoms with Gasteiger partial charge in [0.25, 0.3) is 0 Å². The van der Waals surface area contributed by atoms with Crippen molar-refractivity contribution in [3.8, 4) is 11.8 Å². The van der Waals surface area contributed by atoms with Gasteiger partial charge in [-0.1, -0.05) is 17.8 Å². The number of pyridine rings is 1. The predicted molar refractivity (Wildman–Crippen MR) is 113 cm³/mol. The van der Waals surface area contributed by atoms with Gasteiger partial charge in [0.05, 0.1) is 23.4 Å². The SMILES string of the molecule is CCOc1ccc(NC(=O)CSc2nc3cc(C)cc(C)c3cc2C#N)cc1. The van der Waals surface area contributed by atoms with Crippen LogP contribution in [0.4, 0.5) is 5.69 Å². The second-order valence-corrected chi connectivity index (χ2v) is 7.36. The number of carbonyl (C=O) groups is 1. The topological polar surface area (TPSA) is 75.0 Å². The number of aryl methyl sites for hydroxylation is 2. The third-order valence-electron chi connectivity index (χ3n) is 4.16. The van der Waals surface area contributed by atoms with Gasteiger partial charge in [-0.05, 0) is 68.3 Å². The lowest BCUT2D eigenvalue weighted by Crippen LogP contribution is -2.14. The molecular weight excluding hydrogens is 370 g/mol. The van der Waals surface area contributed by atoms with E-state index in [1.165, 1.54) is 11.8 Å². The van der Waals surface area contributed by atoms with Crippen LogP contribution in [0.1, 0.15) is 23.6 Å².